The number of aliphatic hydroxyl groups excluding tert-OH is 4. The van der Waals surface area contributed by atoms with Gasteiger partial charge in [0.15, 0.2) is 12.6 Å². The van der Waals surface area contributed by atoms with E-state index in [1.54, 1.807) is 13.8 Å². The zero-order valence-electron chi connectivity index (χ0n) is 34.2. The fraction of sp³-hybridized carbons (Fsp3) is 0.650. The highest BCUT2D eigenvalue weighted by atomic mass is 16.7. The summed E-state index contributed by atoms with van der Waals surface area (Å²) in [7, 11) is 0. The Morgan fingerprint density at radius 3 is 1.38 bits per heavy atom. The molecule has 0 bridgehead atoms. The van der Waals surface area contributed by atoms with Crippen LogP contribution < -0.4 is 10.6 Å². The van der Waals surface area contributed by atoms with Crippen molar-refractivity contribution >= 4 is 12.2 Å². The van der Waals surface area contributed by atoms with E-state index in [4.69, 9.17) is 39.5 Å². The van der Waals surface area contributed by atoms with Crippen LogP contribution in [0.5, 0.6) is 0 Å². The number of amides is 2. The highest BCUT2D eigenvalue weighted by Gasteiger charge is 2.44. The van der Waals surface area contributed by atoms with E-state index in [-0.39, 0.29) is 38.3 Å². The fourth-order valence-corrected chi connectivity index (χ4v) is 6.33. The van der Waals surface area contributed by atoms with Gasteiger partial charge in [-0.25, -0.2) is 9.59 Å². The van der Waals surface area contributed by atoms with Gasteiger partial charge in [0.25, 0.3) is 0 Å². The van der Waals surface area contributed by atoms with Crippen LogP contribution in [0.25, 0.3) is 20.9 Å². The van der Waals surface area contributed by atoms with Gasteiger partial charge >= 0.3 is 12.2 Å². The Labute approximate surface area is 349 Å². The van der Waals surface area contributed by atoms with E-state index in [0.29, 0.717) is 39.1 Å². The lowest BCUT2D eigenvalue weighted by Gasteiger charge is -2.41. The van der Waals surface area contributed by atoms with Crippen molar-refractivity contribution in [2.75, 3.05) is 39.5 Å². The van der Waals surface area contributed by atoms with E-state index < -0.39 is 61.3 Å². The molecule has 0 radical (unpaired) electrons. The summed E-state index contributed by atoms with van der Waals surface area (Å²) in [5.74, 6) is -0.754. The highest BCUT2D eigenvalue weighted by Crippen LogP contribution is 2.30. The summed E-state index contributed by atoms with van der Waals surface area (Å²) in [6.45, 7) is 5.02. The molecule has 2 aliphatic heterocycles. The molecule has 0 aromatic heterocycles. The summed E-state index contributed by atoms with van der Waals surface area (Å²) in [6.07, 6.45) is -1.35. The molecule has 10 atom stereocenters. The first kappa shape index (κ1) is 49.6. The number of carbonyl (C=O) groups is 2. The summed E-state index contributed by atoms with van der Waals surface area (Å²) < 4.78 is 32.8. The summed E-state index contributed by atoms with van der Waals surface area (Å²) in [5.41, 5.74) is 19.3. The number of ether oxygens (including phenoxy) is 6. The molecule has 2 aromatic carbocycles. The molecule has 2 aromatic rings. The SMILES string of the molecule is C[C@H]1C(CO)O[C@@H](OCCCCCNC(=O)OCc2ccccc2)C(N=[N+]=[N-])[C@H]1O.C[C@H]1C(CO)O[C@H](OCCCCCNC(=O)OCc2ccccc2)C(N=[N+]=[N-])[C@H]1O. The molecule has 0 aliphatic carbocycles. The smallest absolute Gasteiger partial charge is 0.407 e. The van der Waals surface area contributed by atoms with Crippen LogP contribution in [0, 0.1) is 11.8 Å². The lowest BCUT2D eigenvalue weighted by molar-refractivity contribution is -0.249. The van der Waals surface area contributed by atoms with Crippen molar-refractivity contribution in [1.29, 1.82) is 0 Å². The van der Waals surface area contributed by atoms with Gasteiger partial charge in [0, 0.05) is 48.0 Å². The maximum Gasteiger partial charge on any atom is 0.407 e. The average molecular weight is 845 g/mol. The zero-order valence-corrected chi connectivity index (χ0v) is 34.2. The Morgan fingerprint density at radius 2 is 1.03 bits per heavy atom. The topological polar surface area (TPSA) is 292 Å². The number of azide groups is 2. The number of carbonyl (C=O) groups excluding carboxylic acids is 2. The molecular weight excluding hydrogens is 784 g/mol. The van der Waals surface area contributed by atoms with Gasteiger partial charge in [-0.3, -0.25) is 0 Å². The first-order chi connectivity index (χ1) is 29.1. The Hall–Kier alpha value is -4.72. The number of hydrogen-bond acceptors (Lipinski definition) is 14. The van der Waals surface area contributed by atoms with Gasteiger partial charge in [0.05, 0.1) is 37.6 Å². The monoisotopic (exact) mass is 844 g/mol. The van der Waals surface area contributed by atoms with Gasteiger partial charge in [-0.05, 0) is 60.7 Å². The number of aliphatic hydroxyl groups is 4. The number of rotatable bonds is 22. The van der Waals surface area contributed by atoms with Crippen LogP contribution in [0.1, 0.15) is 63.5 Å². The number of benzene rings is 2. The minimum Gasteiger partial charge on any atom is -0.445 e. The molecule has 20 heteroatoms. The Balaban J connectivity index is 0.000000320. The van der Waals surface area contributed by atoms with E-state index in [0.717, 1.165) is 36.8 Å². The normalized spacial score (nSPS) is 25.9. The summed E-state index contributed by atoms with van der Waals surface area (Å²) in [4.78, 5) is 28.8. The van der Waals surface area contributed by atoms with Crippen molar-refractivity contribution in [2.45, 2.75) is 115 Å². The number of nitrogens with zero attached hydrogens (tertiary/aromatic N) is 6. The lowest BCUT2D eigenvalue weighted by atomic mass is 9.90. The van der Waals surface area contributed by atoms with Crippen molar-refractivity contribution in [1.82, 2.24) is 10.6 Å². The minimum atomic E-state index is -0.956. The number of nitrogens with one attached hydrogen (secondary N) is 2. The molecule has 2 aliphatic rings. The van der Waals surface area contributed by atoms with Crippen LogP contribution in [-0.2, 0) is 41.6 Å². The van der Waals surface area contributed by atoms with Gasteiger partial charge in [0.2, 0.25) is 0 Å². The second-order valence-corrected chi connectivity index (χ2v) is 14.4. The lowest BCUT2D eigenvalue weighted by Crippen LogP contribution is -2.54. The van der Waals surface area contributed by atoms with E-state index in [1.165, 1.54) is 0 Å². The molecule has 0 saturated carbocycles. The van der Waals surface area contributed by atoms with Crippen molar-refractivity contribution in [3.05, 3.63) is 92.7 Å². The van der Waals surface area contributed by atoms with Crippen LogP contribution in [-0.4, -0.2) is 121 Å². The quantitative estimate of drug-likeness (QED) is 0.0396. The summed E-state index contributed by atoms with van der Waals surface area (Å²) >= 11 is 0. The van der Waals surface area contributed by atoms with Crippen LogP contribution in [0.15, 0.2) is 70.9 Å². The van der Waals surface area contributed by atoms with Crippen LogP contribution >= 0.6 is 0 Å². The number of alkyl carbamates (subject to hydrolysis) is 2. The molecule has 2 amide bonds. The first-order valence-electron chi connectivity index (χ1n) is 20.2. The maximum absolute atomic E-state index is 11.7. The third-order valence-electron chi connectivity index (χ3n) is 10.0. The first-order valence-corrected chi connectivity index (χ1v) is 20.2. The van der Waals surface area contributed by atoms with Gasteiger partial charge < -0.3 is 59.5 Å². The van der Waals surface area contributed by atoms with Crippen LogP contribution in [0.4, 0.5) is 9.59 Å². The third-order valence-corrected chi connectivity index (χ3v) is 10.0. The fourth-order valence-electron chi connectivity index (χ4n) is 6.33. The van der Waals surface area contributed by atoms with E-state index in [1.807, 2.05) is 60.7 Å². The Bertz CT molecular complexity index is 1490. The van der Waals surface area contributed by atoms with Crippen molar-refractivity contribution in [3.8, 4) is 0 Å². The molecule has 332 valence electrons. The molecular formula is C40H60N8O12. The predicted molar refractivity (Wildman–Crippen MR) is 217 cm³/mol. The minimum absolute atomic E-state index is 0.230. The van der Waals surface area contributed by atoms with E-state index in [2.05, 4.69) is 30.7 Å². The van der Waals surface area contributed by atoms with Gasteiger partial charge in [-0.1, -0.05) is 84.7 Å². The third kappa shape index (κ3) is 17.5. The molecule has 2 heterocycles. The number of hydrogen-bond donors (Lipinski definition) is 6. The van der Waals surface area contributed by atoms with E-state index >= 15 is 0 Å². The van der Waals surface area contributed by atoms with Crippen LogP contribution in [0.3, 0.4) is 0 Å². The van der Waals surface area contributed by atoms with Gasteiger partial charge in [-0.2, -0.15) is 0 Å². The summed E-state index contributed by atoms with van der Waals surface area (Å²) in [5, 5.41) is 51.9. The standard InChI is InChI=1S/2C20H30N4O6/c2*1-14-16(12-25)30-19(17(18(14)26)23-24-21)28-11-7-3-6-10-22-20(27)29-13-15-8-4-2-5-9-15/h2*2,4-5,8-9,14,16-19,25-26H,3,6-7,10-13H2,1H3,(H,22,27)/t14-,16?,17?,18-,19+;14-,16?,17?,18-,19-/m00/s1. The molecule has 60 heavy (non-hydrogen) atoms. The van der Waals surface area contributed by atoms with Crippen molar-refractivity contribution in [2.24, 2.45) is 22.1 Å². The predicted octanol–water partition coefficient (Wildman–Crippen LogP) is 4.99. The average Bonchev–Trinajstić information content (AvgIpc) is 3.27. The molecule has 4 rings (SSSR count). The maximum atomic E-state index is 11.7. The largest absolute Gasteiger partial charge is 0.445 e. The van der Waals surface area contributed by atoms with Crippen LogP contribution in [0.2, 0.25) is 0 Å². The second-order valence-electron chi connectivity index (χ2n) is 14.4. The highest BCUT2D eigenvalue weighted by molar-refractivity contribution is 5.67. The molecule has 6 N–H and O–H groups in total. The Kier molecular flexibility index (Phi) is 23.7. The van der Waals surface area contributed by atoms with Gasteiger partial charge in [-0.15, -0.1) is 0 Å². The zero-order chi connectivity index (χ0) is 43.5. The molecule has 20 nitrogen and oxygen atoms in total. The molecule has 4 unspecified atom stereocenters. The Morgan fingerprint density at radius 1 is 0.650 bits per heavy atom. The molecule has 2 saturated heterocycles. The van der Waals surface area contributed by atoms with E-state index in [9.17, 15) is 30.0 Å². The molecule has 0 spiro atoms. The van der Waals surface area contributed by atoms with Crippen molar-refractivity contribution in [3.63, 3.8) is 0 Å². The summed E-state index contributed by atoms with van der Waals surface area (Å²) in [6, 6.07) is 17.2. The van der Waals surface area contributed by atoms with Crippen molar-refractivity contribution < 1.29 is 58.4 Å². The number of unbranched alkanes of at least 4 members (excludes halogenated alkanes) is 4. The second kappa shape index (κ2) is 28.7. The molecule has 2 fully saturated rings. The van der Waals surface area contributed by atoms with Gasteiger partial charge in [0.1, 0.15) is 25.3 Å².